The Morgan fingerprint density at radius 3 is 2.69 bits per heavy atom. The molecule has 0 aliphatic carbocycles. The minimum absolute atomic E-state index is 0.000170. The molecular weight excluding hydrogens is 308 g/mol. The molecule has 0 amide bonds. The van der Waals surface area contributed by atoms with Crippen LogP contribution in [0.4, 0.5) is 0 Å². The Labute approximate surface area is 112 Å². The van der Waals surface area contributed by atoms with Gasteiger partial charge < -0.3 is 0 Å². The minimum atomic E-state index is -0.000170. The van der Waals surface area contributed by atoms with Crippen molar-refractivity contribution < 1.29 is 0 Å². The Morgan fingerprint density at radius 2 is 2.12 bits per heavy atom. The van der Waals surface area contributed by atoms with E-state index in [-0.39, 0.29) is 6.04 Å². The zero-order valence-electron chi connectivity index (χ0n) is 8.28. The molecule has 0 aliphatic rings. The summed E-state index contributed by atoms with van der Waals surface area (Å²) in [6.45, 7) is 0. The zero-order chi connectivity index (χ0) is 11.5. The predicted octanol–water partition coefficient (Wildman–Crippen LogP) is 3.72. The molecular formula is C11H10BrClN2S. The van der Waals surface area contributed by atoms with Gasteiger partial charge in [0, 0.05) is 4.47 Å². The molecule has 0 bridgehead atoms. The van der Waals surface area contributed by atoms with Gasteiger partial charge >= 0.3 is 0 Å². The van der Waals surface area contributed by atoms with Crippen LogP contribution in [-0.4, -0.2) is 0 Å². The van der Waals surface area contributed by atoms with Crippen molar-refractivity contribution in [2.24, 2.45) is 5.84 Å². The molecule has 0 saturated carbocycles. The monoisotopic (exact) mass is 316 g/mol. The molecule has 1 heterocycles. The van der Waals surface area contributed by atoms with Gasteiger partial charge in [0.2, 0.25) is 0 Å². The van der Waals surface area contributed by atoms with Crippen LogP contribution in [0.1, 0.15) is 17.2 Å². The fourth-order valence-electron chi connectivity index (χ4n) is 1.52. The van der Waals surface area contributed by atoms with Gasteiger partial charge in [-0.3, -0.25) is 5.84 Å². The van der Waals surface area contributed by atoms with Crippen LogP contribution in [-0.2, 0) is 0 Å². The summed E-state index contributed by atoms with van der Waals surface area (Å²) >= 11 is 11.0. The number of hydrogen-bond donors (Lipinski definition) is 2. The molecule has 0 saturated heterocycles. The topological polar surface area (TPSA) is 38.0 Å². The lowest BCUT2D eigenvalue weighted by molar-refractivity contribution is 0.638. The minimum Gasteiger partial charge on any atom is -0.271 e. The fraction of sp³-hybridized carbons (Fsp3) is 0.0909. The van der Waals surface area contributed by atoms with Crippen molar-refractivity contribution in [3.8, 4) is 0 Å². The van der Waals surface area contributed by atoms with E-state index in [2.05, 4.69) is 32.8 Å². The SMILES string of the molecule is NNC(c1ccsc1)c1ccc(Cl)c(Br)c1. The van der Waals surface area contributed by atoms with Gasteiger partial charge in [-0.25, -0.2) is 5.43 Å². The summed E-state index contributed by atoms with van der Waals surface area (Å²) in [7, 11) is 0. The fourth-order valence-corrected chi connectivity index (χ4v) is 2.72. The van der Waals surface area contributed by atoms with Crippen molar-refractivity contribution >= 4 is 38.9 Å². The van der Waals surface area contributed by atoms with Crippen LogP contribution in [0.15, 0.2) is 39.5 Å². The lowest BCUT2D eigenvalue weighted by Gasteiger charge is -2.15. The van der Waals surface area contributed by atoms with E-state index in [4.69, 9.17) is 17.4 Å². The third-order valence-corrected chi connectivity index (χ3v) is 4.24. The lowest BCUT2D eigenvalue weighted by atomic mass is 10.0. The number of hydrazine groups is 1. The van der Waals surface area contributed by atoms with Crippen LogP contribution in [0.25, 0.3) is 0 Å². The van der Waals surface area contributed by atoms with Crippen LogP contribution in [0, 0.1) is 0 Å². The molecule has 1 unspecified atom stereocenters. The molecule has 1 aromatic heterocycles. The second kappa shape index (κ2) is 5.29. The van der Waals surface area contributed by atoms with Crippen molar-refractivity contribution in [3.05, 3.63) is 55.6 Å². The Hall–Kier alpha value is -0.390. The van der Waals surface area contributed by atoms with E-state index in [1.165, 1.54) is 0 Å². The van der Waals surface area contributed by atoms with E-state index in [1.54, 1.807) is 11.3 Å². The smallest absolute Gasteiger partial charge is 0.0718 e. The van der Waals surface area contributed by atoms with Gasteiger partial charge in [-0.05, 0) is 56.0 Å². The highest BCUT2D eigenvalue weighted by molar-refractivity contribution is 9.10. The molecule has 0 aliphatic heterocycles. The second-order valence-corrected chi connectivity index (χ2v) is 5.37. The van der Waals surface area contributed by atoms with E-state index in [9.17, 15) is 0 Å². The molecule has 0 spiro atoms. The van der Waals surface area contributed by atoms with E-state index in [0.717, 1.165) is 15.6 Å². The van der Waals surface area contributed by atoms with Crippen LogP contribution >= 0.6 is 38.9 Å². The summed E-state index contributed by atoms with van der Waals surface area (Å²) in [4.78, 5) is 0. The maximum absolute atomic E-state index is 5.96. The summed E-state index contributed by atoms with van der Waals surface area (Å²) < 4.78 is 0.877. The van der Waals surface area contributed by atoms with E-state index >= 15 is 0 Å². The average Bonchev–Trinajstić information content (AvgIpc) is 2.78. The quantitative estimate of drug-likeness (QED) is 0.669. The second-order valence-electron chi connectivity index (χ2n) is 3.33. The zero-order valence-corrected chi connectivity index (χ0v) is 11.4. The normalized spacial score (nSPS) is 12.7. The Bertz CT molecular complexity index is 473. The molecule has 84 valence electrons. The molecule has 0 radical (unpaired) electrons. The molecule has 0 fully saturated rings. The highest BCUT2D eigenvalue weighted by atomic mass is 79.9. The highest BCUT2D eigenvalue weighted by Gasteiger charge is 2.13. The van der Waals surface area contributed by atoms with Crippen LogP contribution in [0.2, 0.25) is 5.02 Å². The summed E-state index contributed by atoms with van der Waals surface area (Å²) in [5.74, 6) is 5.59. The van der Waals surface area contributed by atoms with Gasteiger partial charge in [0.1, 0.15) is 0 Å². The first-order valence-corrected chi connectivity index (χ1v) is 6.77. The van der Waals surface area contributed by atoms with Crippen molar-refractivity contribution in [2.45, 2.75) is 6.04 Å². The molecule has 1 atom stereocenters. The highest BCUT2D eigenvalue weighted by Crippen LogP contribution is 2.29. The number of halogens is 2. The van der Waals surface area contributed by atoms with Crippen molar-refractivity contribution in [2.75, 3.05) is 0 Å². The molecule has 2 aromatic rings. The van der Waals surface area contributed by atoms with Crippen molar-refractivity contribution in [3.63, 3.8) is 0 Å². The summed E-state index contributed by atoms with van der Waals surface area (Å²) in [5.41, 5.74) is 5.05. The molecule has 2 nitrogen and oxygen atoms in total. The average molecular weight is 318 g/mol. The van der Waals surface area contributed by atoms with Crippen LogP contribution in [0.3, 0.4) is 0 Å². The van der Waals surface area contributed by atoms with Gasteiger partial charge in [0.15, 0.2) is 0 Å². The molecule has 5 heteroatoms. The van der Waals surface area contributed by atoms with E-state index < -0.39 is 0 Å². The van der Waals surface area contributed by atoms with E-state index in [0.29, 0.717) is 5.02 Å². The third kappa shape index (κ3) is 2.47. The Morgan fingerprint density at radius 1 is 1.31 bits per heavy atom. The first-order chi connectivity index (χ1) is 7.72. The molecule has 1 aromatic carbocycles. The maximum atomic E-state index is 5.96. The summed E-state index contributed by atoms with van der Waals surface area (Å²) in [6.07, 6.45) is 0. The number of thiophene rings is 1. The third-order valence-electron chi connectivity index (χ3n) is 2.32. The summed E-state index contributed by atoms with van der Waals surface area (Å²) in [6, 6.07) is 7.86. The number of rotatable bonds is 3. The Balaban J connectivity index is 2.37. The maximum Gasteiger partial charge on any atom is 0.0718 e. The Kier molecular flexibility index (Phi) is 4.00. The van der Waals surface area contributed by atoms with E-state index in [1.807, 2.05) is 23.6 Å². The number of nitrogens with one attached hydrogen (secondary N) is 1. The van der Waals surface area contributed by atoms with Gasteiger partial charge in [-0.2, -0.15) is 11.3 Å². The van der Waals surface area contributed by atoms with Crippen molar-refractivity contribution in [1.82, 2.24) is 5.43 Å². The van der Waals surface area contributed by atoms with Crippen LogP contribution in [0.5, 0.6) is 0 Å². The lowest BCUT2D eigenvalue weighted by Crippen LogP contribution is -2.28. The first-order valence-electron chi connectivity index (χ1n) is 4.65. The van der Waals surface area contributed by atoms with Gasteiger partial charge in [0.25, 0.3) is 0 Å². The number of nitrogens with two attached hydrogens (primary N) is 1. The number of benzene rings is 1. The molecule has 2 rings (SSSR count). The van der Waals surface area contributed by atoms with Gasteiger partial charge in [0.05, 0.1) is 11.1 Å². The largest absolute Gasteiger partial charge is 0.271 e. The van der Waals surface area contributed by atoms with Crippen molar-refractivity contribution in [1.29, 1.82) is 0 Å². The molecule has 16 heavy (non-hydrogen) atoms. The summed E-state index contributed by atoms with van der Waals surface area (Å²) in [5, 5.41) is 4.81. The predicted molar refractivity (Wildman–Crippen MR) is 72.6 cm³/mol. The first kappa shape index (κ1) is 12.1. The molecule has 3 N–H and O–H groups in total. The standard InChI is InChI=1S/C11H10BrClN2S/c12-9-5-7(1-2-10(9)13)11(15-14)8-3-4-16-6-8/h1-6,11,15H,14H2. The van der Waals surface area contributed by atoms with Gasteiger partial charge in [-0.15, -0.1) is 0 Å². The number of hydrogen-bond acceptors (Lipinski definition) is 3. The van der Waals surface area contributed by atoms with Gasteiger partial charge in [-0.1, -0.05) is 17.7 Å². The van der Waals surface area contributed by atoms with Crippen LogP contribution < -0.4 is 11.3 Å².